The van der Waals surface area contributed by atoms with E-state index in [1.807, 2.05) is 54.6 Å². The zero-order valence-electron chi connectivity index (χ0n) is 9.96. The molecule has 0 saturated carbocycles. The highest BCUT2D eigenvalue weighted by Gasteiger charge is 2.09. The normalized spacial score (nSPS) is 10.3. The predicted molar refractivity (Wildman–Crippen MR) is 76.8 cm³/mol. The Morgan fingerprint density at radius 3 is 2.47 bits per heavy atom. The Labute approximate surface area is 115 Å². The number of H-pyrrole nitrogens is 1. The van der Waals surface area contributed by atoms with Crippen LogP contribution < -0.4 is 5.32 Å². The van der Waals surface area contributed by atoms with Crippen molar-refractivity contribution in [2.45, 2.75) is 0 Å². The first kappa shape index (κ1) is 11.7. The van der Waals surface area contributed by atoms with E-state index in [0.29, 0.717) is 5.89 Å². The van der Waals surface area contributed by atoms with Crippen LogP contribution in [0.2, 0.25) is 0 Å². The van der Waals surface area contributed by atoms with Crippen LogP contribution in [-0.2, 0) is 0 Å². The summed E-state index contributed by atoms with van der Waals surface area (Å²) in [4.78, 5) is 0.268. The summed E-state index contributed by atoms with van der Waals surface area (Å²) >= 11 is 4.90. The molecule has 0 atom stereocenters. The minimum absolute atomic E-state index is 0.268. The van der Waals surface area contributed by atoms with E-state index in [4.69, 9.17) is 16.6 Å². The molecule has 1 heterocycles. The Bertz CT molecular complexity index is 733. The summed E-state index contributed by atoms with van der Waals surface area (Å²) in [5.74, 6) is 0.476. The Morgan fingerprint density at radius 1 is 1.00 bits per heavy atom. The van der Waals surface area contributed by atoms with Gasteiger partial charge in [-0.05, 0) is 36.5 Å². The van der Waals surface area contributed by atoms with Gasteiger partial charge in [0.15, 0.2) is 0 Å². The number of aromatic amines is 1. The fourth-order valence-corrected chi connectivity index (χ4v) is 1.93. The Balaban J connectivity index is 2.00. The van der Waals surface area contributed by atoms with E-state index in [1.54, 1.807) is 0 Å². The van der Waals surface area contributed by atoms with E-state index in [0.717, 1.165) is 16.9 Å². The molecule has 0 amide bonds. The van der Waals surface area contributed by atoms with Crippen LogP contribution in [0.15, 0.2) is 59.0 Å². The molecular formula is C14H11N3OS. The van der Waals surface area contributed by atoms with Crippen molar-refractivity contribution < 1.29 is 4.42 Å². The Morgan fingerprint density at radius 2 is 1.74 bits per heavy atom. The summed E-state index contributed by atoms with van der Waals surface area (Å²) in [5, 5.41) is 10.0. The van der Waals surface area contributed by atoms with E-state index in [-0.39, 0.29) is 4.84 Å². The van der Waals surface area contributed by atoms with Crippen LogP contribution in [-0.4, -0.2) is 10.2 Å². The van der Waals surface area contributed by atoms with Gasteiger partial charge in [0.1, 0.15) is 0 Å². The van der Waals surface area contributed by atoms with Crippen LogP contribution in [0.1, 0.15) is 0 Å². The molecule has 1 aromatic heterocycles. The smallest absolute Gasteiger partial charge is 0.284 e. The number of rotatable bonds is 3. The summed E-state index contributed by atoms with van der Waals surface area (Å²) in [6.45, 7) is 0. The van der Waals surface area contributed by atoms with Crippen LogP contribution >= 0.6 is 12.2 Å². The van der Waals surface area contributed by atoms with Gasteiger partial charge in [0, 0.05) is 5.69 Å². The summed E-state index contributed by atoms with van der Waals surface area (Å²) in [5.41, 5.74) is 2.78. The quantitative estimate of drug-likeness (QED) is 0.701. The van der Waals surface area contributed by atoms with E-state index >= 15 is 0 Å². The summed E-state index contributed by atoms with van der Waals surface area (Å²) < 4.78 is 5.36. The average Bonchev–Trinajstić information content (AvgIpc) is 2.87. The third-order valence-electron chi connectivity index (χ3n) is 2.65. The molecule has 0 aliphatic heterocycles. The third-order valence-corrected chi connectivity index (χ3v) is 2.82. The molecule has 0 saturated heterocycles. The highest BCUT2D eigenvalue weighted by atomic mass is 32.1. The lowest BCUT2D eigenvalue weighted by atomic mass is 10.1. The predicted octanol–water partition coefficient (Wildman–Crippen LogP) is 4.14. The topological polar surface area (TPSA) is 53.9 Å². The Kier molecular flexibility index (Phi) is 3.12. The molecule has 5 heteroatoms. The van der Waals surface area contributed by atoms with Gasteiger partial charge in [-0.25, -0.2) is 5.10 Å². The lowest BCUT2D eigenvalue weighted by Gasteiger charge is -2.09. The SMILES string of the molecule is S=c1[nH]nc(-c2ccccc2Nc2ccccc2)o1. The fraction of sp³-hybridized carbons (Fsp3) is 0. The van der Waals surface area contributed by atoms with Crippen molar-refractivity contribution in [3.05, 3.63) is 59.4 Å². The van der Waals surface area contributed by atoms with Crippen molar-refractivity contribution in [2.75, 3.05) is 5.32 Å². The van der Waals surface area contributed by atoms with Gasteiger partial charge in [0.25, 0.3) is 4.84 Å². The van der Waals surface area contributed by atoms with E-state index in [9.17, 15) is 0 Å². The van der Waals surface area contributed by atoms with Gasteiger partial charge < -0.3 is 9.73 Å². The molecule has 94 valence electrons. The van der Waals surface area contributed by atoms with E-state index < -0.39 is 0 Å². The van der Waals surface area contributed by atoms with Crippen LogP contribution in [0.5, 0.6) is 0 Å². The van der Waals surface area contributed by atoms with Crippen LogP contribution in [0.3, 0.4) is 0 Å². The average molecular weight is 269 g/mol. The first-order valence-corrected chi connectivity index (χ1v) is 6.21. The zero-order chi connectivity index (χ0) is 13.1. The number of para-hydroxylation sites is 2. The molecule has 3 rings (SSSR count). The standard InChI is InChI=1S/C14H11N3OS/c19-14-17-16-13(18-14)11-8-4-5-9-12(11)15-10-6-2-1-3-7-10/h1-9,15H,(H,17,19). The highest BCUT2D eigenvalue weighted by molar-refractivity contribution is 7.71. The summed E-state index contributed by atoms with van der Waals surface area (Å²) in [7, 11) is 0. The first-order valence-electron chi connectivity index (χ1n) is 5.80. The maximum absolute atomic E-state index is 5.36. The molecule has 0 aliphatic carbocycles. The van der Waals surface area contributed by atoms with Crippen LogP contribution in [0.4, 0.5) is 11.4 Å². The Hall–Kier alpha value is -2.40. The van der Waals surface area contributed by atoms with Crippen molar-refractivity contribution in [1.29, 1.82) is 0 Å². The minimum Gasteiger partial charge on any atom is -0.409 e. The van der Waals surface area contributed by atoms with Gasteiger partial charge in [-0.3, -0.25) is 0 Å². The molecule has 3 aromatic rings. The number of aromatic nitrogens is 2. The van der Waals surface area contributed by atoms with Gasteiger partial charge in [-0.2, -0.15) is 0 Å². The van der Waals surface area contributed by atoms with Crippen molar-refractivity contribution in [3.8, 4) is 11.5 Å². The number of benzene rings is 2. The minimum atomic E-state index is 0.268. The largest absolute Gasteiger partial charge is 0.409 e. The second kappa shape index (κ2) is 5.07. The lowest BCUT2D eigenvalue weighted by molar-refractivity contribution is 0.552. The van der Waals surface area contributed by atoms with E-state index in [2.05, 4.69) is 15.5 Å². The van der Waals surface area contributed by atoms with Crippen molar-refractivity contribution in [1.82, 2.24) is 10.2 Å². The molecule has 0 fully saturated rings. The number of hydrogen-bond acceptors (Lipinski definition) is 4. The molecular weight excluding hydrogens is 258 g/mol. The van der Waals surface area contributed by atoms with Crippen LogP contribution in [0, 0.1) is 4.84 Å². The van der Waals surface area contributed by atoms with Crippen LogP contribution in [0.25, 0.3) is 11.5 Å². The first-order chi connectivity index (χ1) is 9.33. The number of nitrogens with zero attached hydrogens (tertiary/aromatic N) is 1. The number of nitrogens with one attached hydrogen (secondary N) is 2. The molecule has 0 spiro atoms. The fourth-order valence-electron chi connectivity index (χ4n) is 1.80. The molecule has 19 heavy (non-hydrogen) atoms. The van der Waals surface area contributed by atoms with Crippen molar-refractivity contribution >= 4 is 23.6 Å². The lowest BCUT2D eigenvalue weighted by Crippen LogP contribution is -1.92. The second-order valence-corrected chi connectivity index (χ2v) is 4.33. The molecule has 0 bridgehead atoms. The second-order valence-electron chi connectivity index (χ2n) is 3.95. The van der Waals surface area contributed by atoms with Gasteiger partial charge >= 0.3 is 0 Å². The third kappa shape index (κ3) is 2.56. The summed E-state index contributed by atoms with van der Waals surface area (Å²) in [6, 6.07) is 17.7. The van der Waals surface area contributed by atoms with Gasteiger partial charge in [-0.1, -0.05) is 30.3 Å². The monoisotopic (exact) mass is 269 g/mol. The maximum atomic E-state index is 5.36. The molecule has 2 N–H and O–H groups in total. The molecule has 0 radical (unpaired) electrons. The molecule has 0 aliphatic rings. The van der Waals surface area contributed by atoms with Gasteiger partial charge in [0.2, 0.25) is 5.89 Å². The van der Waals surface area contributed by atoms with E-state index in [1.165, 1.54) is 0 Å². The van der Waals surface area contributed by atoms with Crippen molar-refractivity contribution in [3.63, 3.8) is 0 Å². The van der Waals surface area contributed by atoms with Crippen molar-refractivity contribution in [2.24, 2.45) is 0 Å². The zero-order valence-corrected chi connectivity index (χ0v) is 10.8. The van der Waals surface area contributed by atoms with Gasteiger partial charge in [0.05, 0.1) is 11.3 Å². The number of anilines is 2. The summed E-state index contributed by atoms with van der Waals surface area (Å²) in [6.07, 6.45) is 0. The maximum Gasteiger partial charge on any atom is 0.284 e. The highest BCUT2D eigenvalue weighted by Crippen LogP contribution is 2.28. The molecule has 4 nitrogen and oxygen atoms in total. The number of hydrogen-bond donors (Lipinski definition) is 2. The molecule has 2 aromatic carbocycles. The molecule has 0 unspecified atom stereocenters. The van der Waals surface area contributed by atoms with Gasteiger partial charge in [-0.15, -0.1) is 5.10 Å².